The first-order valence-electron chi connectivity index (χ1n) is 6.71. The lowest BCUT2D eigenvalue weighted by molar-refractivity contribution is 0.0736. The molecular formula is C16H19NO3. The van der Waals surface area contributed by atoms with Crippen molar-refractivity contribution in [3.8, 4) is 11.3 Å². The van der Waals surface area contributed by atoms with Crippen molar-refractivity contribution in [1.29, 1.82) is 0 Å². The zero-order valence-electron chi connectivity index (χ0n) is 11.8. The molecular weight excluding hydrogens is 254 g/mol. The van der Waals surface area contributed by atoms with Crippen LogP contribution < -0.4 is 0 Å². The van der Waals surface area contributed by atoms with E-state index in [1.807, 2.05) is 12.1 Å². The summed E-state index contributed by atoms with van der Waals surface area (Å²) in [5.74, 6) is 0.736. The molecule has 0 aliphatic rings. The molecule has 0 saturated heterocycles. The third-order valence-corrected chi connectivity index (χ3v) is 3.25. The molecule has 20 heavy (non-hydrogen) atoms. The molecule has 0 unspecified atom stereocenters. The Morgan fingerprint density at radius 2 is 1.90 bits per heavy atom. The molecule has 4 nitrogen and oxygen atoms in total. The summed E-state index contributed by atoms with van der Waals surface area (Å²) in [6.45, 7) is 2.34. The Hall–Kier alpha value is -2.07. The van der Waals surface area contributed by atoms with Crippen LogP contribution in [0, 0.1) is 0 Å². The number of likely N-dealkylation sites (N-methyl/N-ethyl adjacent to an activating group) is 1. The summed E-state index contributed by atoms with van der Waals surface area (Å²) in [6, 6.07) is 11.5. The lowest BCUT2D eigenvalue weighted by Crippen LogP contribution is -2.29. The van der Waals surface area contributed by atoms with Crippen molar-refractivity contribution in [2.75, 3.05) is 20.2 Å². The number of hydrogen-bond donors (Lipinski definition) is 1. The maximum atomic E-state index is 12.0. The molecule has 106 valence electrons. The number of aliphatic hydroxyl groups is 1. The number of amides is 1. The van der Waals surface area contributed by atoms with Crippen LogP contribution >= 0.6 is 0 Å². The van der Waals surface area contributed by atoms with Crippen LogP contribution in [-0.4, -0.2) is 36.1 Å². The molecule has 1 amide bonds. The molecule has 2 aromatic rings. The highest BCUT2D eigenvalue weighted by Crippen LogP contribution is 2.23. The Bertz CT molecular complexity index is 572. The maximum Gasteiger partial charge on any atom is 0.289 e. The van der Waals surface area contributed by atoms with Crippen LogP contribution in [0.3, 0.4) is 0 Å². The summed E-state index contributed by atoms with van der Waals surface area (Å²) in [7, 11) is 1.64. The van der Waals surface area contributed by atoms with Gasteiger partial charge in [0.05, 0.1) is 6.61 Å². The number of furan rings is 1. The van der Waals surface area contributed by atoms with Crippen LogP contribution in [-0.2, 0) is 6.42 Å². The lowest BCUT2D eigenvalue weighted by atomic mass is 10.1. The summed E-state index contributed by atoms with van der Waals surface area (Å²) < 4.78 is 5.60. The van der Waals surface area contributed by atoms with E-state index in [0.29, 0.717) is 12.3 Å². The summed E-state index contributed by atoms with van der Waals surface area (Å²) in [6.07, 6.45) is 0.994. The Kier molecular flexibility index (Phi) is 4.58. The summed E-state index contributed by atoms with van der Waals surface area (Å²) in [5, 5.41) is 8.84. The van der Waals surface area contributed by atoms with E-state index in [9.17, 15) is 4.79 Å². The summed E-state index contributed by atoms with van der Waals surface area (Å²) in [4.78, 5) is 13.4. The van der Waals surface area contributed by atoms with Gasteiger partial charge in [0.25, 0.3) is 5.91 Å². The zero-order chi connectivity index (χ0) is 14.5. The number of benzene rings is 1. The van der Waals surface area contributed by atoms with Crippen LogP contribution in [0.5, 0.6) is 0 Å². The van der Waals surface area contributed by atoms with Crippen molar-refractivity contribution in [2.24, 2.45) is 0 Å². The standard InChI is InChI=1S/C16H19NO3/c1-3-12-4-6-13(7-5-12)14-8-9-15(20-14)16(19)17(2)10-11-18/h4-9,18H,3,10-11H2,1-2H3. The van der Waals surface area contributed by atoms with Crippen molar-refractivity contribution >= 4 is 5.91 Å². The van der Waals surface area contributed by atoms with E-state index >= 15 is 0 Å². The van der Waals surface area contributed by atoms with Crippen molar-refractivity contribution in [2.45, 2.75) is 13.3 Å². The van der Waals surface area contributed by atoms with Gasteiger partial charge in [-0.05, 0) is 24.1 Å². The predicted molar refractivity (Wildman–Crippen MR) is 77.6 cm³/mol. The van der Waals surface area contributed by atoms with Crippen molar-refractivity contribution in [1.82, 2.24) is 4.90 Å². The van der Waals surface area contributed by atoms with Gasteiger partial charge in [0.15, 0.2) is 5.76 Å². The van der Waals surface area contributed by atoms with Crippen molar-refractivity contribution in [3.63, 3.8) is 0 Å². The first-order valence-corrected chi connectivity index (χ1v) is 6.71. The normalized spacial score (nSPS) is 10.6. The van der Waals surface area contributed by atoms with Gasteiger partial charge in [0.1, 0.15) is 5.76 Å². The van der Waals surface area contributed by atoms with Gasteiger partial charge in [-0.3, -0.25) is 4.79 Å². The van der Waals surface area contributed by atoms with Gasteiger partial charge >= 0.3 is 0 Å². The van der Waals surface area contributed by atoms with E-state index in [4.69, 9.17) is 9.52 Å². The molecule has 0 fully saturated rings. The Morgan fingerprint density at radius 1 is 1.20 bits per heavy atom. The molecule has 1 N–H and O–H groups in total. The average Bonchev–Trinajstić information content (AvgIpc) is 2.96. The van der Waals surface area contributed by atoms with E-state index in [1.165, 1.54) is 10.5 Å². The molecule has 1 heterocycles. The maximum absolute atomic E-state index is 12.0. The molecule has 1 aromatic carbocycles. The molecule has 0 aliphatic carbocycles. The first kappa shape index (κ1) is 14.3. The number of aryl methyl sites for hydroxylation is 1. The SMILES string of the molecule is CCc1ccc(-c2ccc(C(=O)N(C)CCO)o2)cc1. The van der Waals surface area contributed by atoms with Crippen molar-refractivity contribution in [3.05, 3.63) is 47.7 Å². The molecule has 2 rings (SSSR count). The molecule has 0 atom stereocenters. The van der Waals surface area contributed by atoms with Gasteiger partial charge in [-0.2, -0.15) is 0 Å². The highest BCUT2D eigenvalue weighted by molar-refractivity contribution is 5.91. The van der Waals surface area contributed by atoms with Gasteiger partial charge in [-0.15, -0.1) is 0 Å². The second-order valence-electron chi connectivity index (χ2n) is 4.66. The number of aliphatic hydroxyl groups excluding tert-OH is 1. The lowest BCUT2D eigenvalue weighted by Gasteiger charge is -2.13. The molecule has 0 saturated carbocycles. The topological polar surface area (TPSA) is 53.7 Å². The summed E-state index contributed by atoms with van der Waals surface area (Å²) in [5.41, 5.74) is 2.21. The van der Waals surface area contributed by atoms with Crippen molar-refractivity contribution < 1.29 is 14.3 Å². The largest absolute Gasteiger partial charge is 0.451 e. The fourth-order valence-electron chi connectivity index (χ4n) is 1.95. The Morgan fingerprint density at radius 3 is 2.50 bits per heavy atom. The quantitative estimate of drug-likeness (QED) is 0.911. The van der Waals surface area contributed by atoms with Crippen LogP contribution in [0.1, 0.15) is 23.0 Å². The minimum atomic E-state index is -0.226. The van der Waals surface area contributed by atoms with E-state index in [1.54, 1.807) is 19.2 Å². The number of carbonyl (C=O) groups is 1. The van der Waals surface area contributed by atoms with Gasteiger partial charge in [0.2, 0.25) is 0 Å². The minimum absolute atomic E-state index is 0.0612. The van der Waals surface area contributed by atoms with Crippen LogP contribution in [0.4, 0.5) is 0 Å². The number of nitrogens with zero attached hydrogens (tertiary/aromatic N) is 1. The second-order valence-corrected chi connectivity index (χ2v) is 4.66. The van der Waals surface area contributed by atoms with E-state index in [-0.39, 0.29) is 18.3 Å². The smallest absolute Gasteiger partial charge is 0.289 e. The zero-order valence-corrected chi connectivity index (χ0v) is 11.8. The van der Waals surface area contributed by atoms with Gasteiger partial charge in [-0.25, -0.2) is 0 Å². The van der Waals surface area contributed by atoms with E-state index in [0.717, 1.165) is 12.0 Å². The molecule has 1 aromatic heterocycles. The minimum Gasteiger partial charge on any atom is -0.451 e. The fourth-order valence-corrected chi connectivity index (χ4v) is 1.95. The number of hydrogen-bond acceptors (Lipinski definition) is 3. The molecule has 4 heteroatoms. The Labute approximate surface area is 118 Å². The molecule has 0 bridgehead atoms. The van der Waals surface area contributed by atoms with E-state index < -0.39 is 0 Å². The monoisotopic (exact) mass is 273 g/mol. The Balaban J connectivity index is 2.17. The molecule has 0 radical (unpaired) electrons. The van der Waals surface area contributed by atoms with Gasteiger partial charge < -0.3 is 14.4 Å². The van der Waals surface area contributed by atoms with Gasteiger partial charge in [0, 0.05) is 19.2 Å². The van der Waals surface area contributed by atoms with Crippen LogP contribution in [0.25, 0.3) is 11.3 Å². The first-order chi connectivity index (χ1) is 9.65. The third kappa shape index (κ3) is 3.08. The predicted octanol–water partition coefficient (Wildman–Crippen LogP) is 2.57. The van der Waals surface area contributed by atoms with Gasteiger partial charge in [-0.1, -0.05) is 31.2 Å². The highest BCUT2D eigenvalue weighted by atomic mass is 16.4. The molecule has 0 aliphatic heterocycles. The number of rotatable bonds is 5. The second kappa shape index (κ2) is 6.39. The average molecular weight is 273 g/mol. The van der Waals surface area contributed by atoms with E-state index in [2.05, 4.69) is 19.1 Å². The number of carbonyl (C=O) groups excluding carboxylic acids is 1. The third-order valence-electron chi connectivity index (χ3n) is 3.25. The fraction of sp³-hybridized carbons (Fsp3) is 0.312. The van der Waals surface area contributed by atoms with Crippen LogP contribution in [0.15, 0.2) is 40.8 Å². The molecule has 0 spiro atoms. The van der Waals surface area contributed by atoms with Crippen LogP contribution in [0.2, 0.25) is 0 Å². The summed E-state index contributed by atoms with van der Waals surface area (Å²) >= 11 is 0. The highest BCUT2D eigenvalue weighted by Gasteiger charge is 2.16.